The van der Waals surface area contributed by atoms with E-state index in [1.165, 1.54) is 12.1 Å². The normalized spacial score (nSPS) is 13.5. The van der Waals surface area contributed by atoms with Gasteiger partial charge >= 0.3 is 6.03 Å². The topological polar surface area (TPSA) is 64.7 Å². The molecule has 34 heavy (non-hydrogen) atoms. The zero-order valence-corrected chi connectivity index (χ0v) is 18.2. The minimum atomic E-state index is -0.860. The predicted octanol–water partition coefficient (Wildman–Crippen LogP) is 4.64. The second kappa shape index (κ2) is 10.3. The smallest absolute Gasteiger partial charge is 0.323 e. The standard InChI is InChI=1S/C25H23F3N4O2/c26-18-3-1-17(2-4-18)15-24(33)32-13-11-31(12-14-32)21-8-6-20(7-9-21)29-25(34)30-23-10-5-19(27)16-22(23)28/h1-10,16H,11-15H2,(H2,29,30,34). The maximum Gasteiger partial charge on any atom is 0.323 e. The molecule has 176 valence electrons. The Balaban J connectivity index is 1.26. The summed E-state index contributed by atoms with van der Waals surface area (Å²) in [6.07, 6.45) is 0.241. The zero-order chi connectivity index (χ0) is 24.1. The Bertz CT molecular complexity index is 1160. The molecule has 1 heterocycles. The molecule has 3 amide bonds. The second-order valence-corrected chi connectivity index (χ2v) is 7.92. The SMILES string of the molecule is O=C(Nc1ccc(N2CCN(C(=O)Cc3ccc(F)cc3)CC2)cc1)Nc1ccc(F)cc1F. The van der Waals surface area contributed by atoms with Gasteiger partial charge in [-0.05, 0) is 54.1 Å². The molecule has 3 aromatic rings. The van der Waals surface area contributed by atoms with Crippen LogP contribution < -0.4 is 15.5 Å². The molecule has 0 aliphatic carbocycles. The van der Waals surface area contributed by atoms with Crippen LogP contribution in [-0.4, -0.2) is 43.0 Å². The van der Waals surface area contributed by atoms with Crippen LogP contribution in [0.5, 0.6) is 0 Å². The number of piperazine rings is 1. The Labute approximate surface area is 195 Å². The average Bonchev–Trinajstić information content (AvgIpc) is 2.83. The van der Waals surface area contributed by atoms with Gasteiger partial charge in [0.1, 0.15) is 17.5 Å². The minimum Gasteiger partial charge on any atom is -0.368 e. The molecule has 0 unspecified atom stereocenters. The summed E-state index contributed by atoms with van der Waals surface area (Å²) in [7, 11) is 0. The zero-order valence-electron chi connectivity index (χ0n) is 18.2. The molecule has 9 heteroatoms. The highest BCUT2D eigenvalue weighted by Crippen LogP contribution is 2.21. The third-order valence-electron chi connectivity index (χ3n) is 5.57. The maximum atomic E-state index is 13.7. The molecule has 0 radical (unpaired) electrons. The van der Waals surface area contributed by atoms with Crippen LogP contribution in [0, 0.1) is 17.5 Å². The fraction of sp³-hybridized carbons (Fsp3) is 0.200. The molecule has 0 atom stereocenters. The average molecular weight is 468 g/mol. The van der Waals surface area contributed by atoms with Crippen LogP contribution in [0.4, 0.5) is 35.0 Å². The lowest BCUT2D eigenvalue weighted by Crippen LogP contribution is -2.49. The summed E-state index contributed by atoms with van der Waals surface area (Å²) in [5, 5.41) is 4.95. The first kappa shape index (κ1) is 23.2. The first-order chi connectivity index (χ1) is 16.4. The van der Waals surface area contributed by atoms with E-state index < -0.39 is 17.7 Å². The van der Waals surface area contributed by atoms with Crippen molar-refractivity contribution in [3.8, 4) is 0 Å². The molecule has 0 bridgehead atoms. The van der Waals surface area contributed by atoms with Crippen molar-refractivity contribution < 1.29 is 22.8 Å². The first-order valence-corrected chi connectivity index (χ1v) is 10.8. The lowest BCUT2D eigenvalue weighted by atomic mass is 10.1. The second-order valence-electron chi connectivity index (χ2n) is 7.92. The van der Waals surface area contributed by atoms with E-state index in [0.717, 1.165) is 23.4 Å². The van der Waals surface area contributed by atoms with Gasteiger partial charge in [-0.3, -0.25) is 4.79 Å². The lowest BCUT2D eigenvalue weighted by Gasteiger charge is -2.36. The number of rotatable bonds is 5. The number of nitrogens with one attached hydrogen (secondary N) is 2. The lowest BCUT2D eigenvalue weighted by molar-refractivity contribution is -0.130. The predicted molar refractivity (Wildman–Crippen MR) is 124 cm³/mol. The molecule has 3 aromatic carbocycles. The maximum absolute atomic E-state index is 13.7. The van der Waals surface area contributed by atoms with Gasteiger partial charge in [-0.2, -0.15) is 0 Å². The van der Waals surface area contributed by atoms with Crippen LogP contribution in [0.2, 0.25) is 0 Å². The van der Waals surface area contributed by atoms with E-state index in [1.54, 1.807) is 29.2 Å². The van der Waals surface area contributed by atoms with E-state index in [1.807, 2.05) is 12.1 Å². The fourth-order valence-electron chi connectivity index (χ4n) is 3.73. The van der Waals surface area contributed by atoms with Crippen LogP contribution in [0.1, 0.15) is 5.56 Å². The van der Waals surface area contributed by atoms with Gasteiger partial charge < -0.3 is 20.4 Å². The number of urea groups is 1. The van der Waals surface area contributed by atoms with Crippen LogP contribution in [-0.2, 0) is 11.2 Å². The molecule has 0 spiro atoms. The highest BCUT2D eigenvalue weighted by molar-refractivity contribution is 5.99. The summed E-state index contributed by atoms with van der Waals surface area (Å²) in [4.78, 5) is 28.6. The van der Waals surface area contributed by atoms with E-state index in [4.69, 9.17) is 0 Å². The fourth-order valence-corrected chi connectivity index (χ4v) is 3.73. The Morgan fingerprint density at radius 3 is 2.06 bits per heavy atom. The van der Waals surface area contributed by atoms with Gasteiger partial charge in [0, 0.05) is 43.6 Å². The Kier molecular flexibility index (Phi) is 7.01. The van der Waals surface area contributed by atoms with Crippen molar-refractivity contribution in [1.29, 1.82) is 0 Å². The van der Waals surface area contributed by atoms with Crippen molar-refractivity contribution >= 4 is 29.0 Å². The molecule has 2 N–H and O–H groups in total. The number of carbonyl (C=O) groups excluding carboxylic acids is 2. The third-order valence-corrected chi connectivity index (χ3v) is 5.57. The van der Waals surface area contributed by atoms with Gasteiger partial charge in [0.05, 0.1) is 12.1 Å². The number of amides is 3. The van der Waals surface area contributed by atoms with E-state index in [0.29, 0.717) is 37.9 Å². The van der Waals surface area contributed by atoms with Crippen LogP contribution in [0.15, 0.2) is 66.7 Å². The van der Waals surface area contributed by atoms with Crippen LogP contribution >= 0.6 is 0 Å². The molecule has 1 aliphatic heterocycles. The van der Waals surface area contributed by atoms with Crippen molar-refractivity contribution in [2.45, 2.75) is 6.42 Å². The van der Waals surface area contributed by atoms with Gasteiger partial charge in [0.25, 0.3) is 0 Å². The summed E-state index contributed by atoms with van der Waals surface area (Å²) in [6.45, 7) is 2.47. The quantitative estimate of drug-likeness (QED) is 0.574. The molecule has 0 saturated carbocycles. The molecular weight excluding hydrogens is 445 g/mol. The van der Waals surface area contributed by atoms with Crippen molar-refractivity contribution in [3.63, 3.8) is 0 Å². The number of halogens is 3. The summed E-state index contributed by atoms with van der Waals surface area (Å²) in [5.74, 6) is -1.90. The molecule has 1 aliphatic rings. The molecule has 4 rings (SSSR count). The number of anilines is 3. The van der Waals surface area contributed by atoms with E-state index in [9.17, 15) is 22.8 Å². The van der Waals surface area contributed by atoms with Gasteiger partial charge in [-0.25, -0.2) is 18.0 Å². The summed E-state index contributed by atoms with van der Waals surface area (Å²) in [6, 6.07) is 15.4. The van der Waals surface area contributed by atoms with Gasteiger partial charge in [0.2, 0.25) is 5.91 Å². The van der Waals surface area contributed by atoms with Gasteiger partial charge in [-0.1, -0.05) is 12.1 Å². The minimum absolute atomic E-state index is 0.00871. The van der Waals surface area contributed by atoms with Crippen LogP contribution in [0.25, 0.3) is 0 Å². The first-order valence-electron chi connectivity index (χ1n) is 10.8. The summed E-state index contributed by atoms with van der Waals surface area (Å²) >= 11 is 0. The van der Waals surface area contributed by atoms with Crippen molar-refractivity contribution in [3.05, 3.63) is 89.7 Å². The Morgan fingerprint density at radius 1 is 0.765 bits per heavy atom. The third kappa shape index (κ3) is 5.86. The van der Waals surface area contributed by atoms with Crippen molar-refractivity contribution in [1.82, 2.24) is 4.90 Å². The number of hydrogen-bond donors (Lipinski definition) is 2. The van der Waals surface area contributed by atoms with Gasteiger partial charge in [0.15, 0.2) is 0 Å². The highest BCUT2D eigenvalue weighted by atomic mass is 19.1. The number of hydrogen-bond acceptors (Lipinski definition) is 3. The van der Waals surface area contributed by atoms with Gasteiger partial charge in [-0.15, -0.1) is 0 Å². The molecular formula is C25H23F3N4O2. The molecule has 1 saturated heterocycles. The van der Waals surface area contributed by atoms with Crippen molar-refractivity contribution in [2.75, 3.05) is 41.7 Å². The summed E-state index contributed by atoms with van der Waals surface area (Å²) < 4.78 is 39.7. The monoisotopic (exact) mass is 468 g/mol. The highest BCUT2D eigenvalue weighted by Gasteiger charge is 2.21. The molecule has 0 aromatic heterocycles. The Hall–Kier alpha value is -4.01. The number of benzene rings is 3. The van der Waals surface area contributed by atoms with E-state index in [2.05, 4.69) is 15.5 Å². The summed E-state index contributed by atoms with van der Waals surface area (Å²) in [5.41, 5.74) is 2.11. The van der Waals surface area contributed by atoms with Crippen LogP contribution in [0.3, 0.4) is 0 Å². The Morgan fingerprint density at radius 2 is 1.41 bits per heavy atom. The van der Waals surface area contributed by atoms with E-state index >= 15 is 0 Å². The van der Waals surface area contributed by atoms with Crippen molar-refractivity contribution in [2.24, 2.45) is 0 Å². The largest absolute Gasteiger partial charge is 0.368 e. The molecule has 1 fully saturated rings. The molecule has 6 nitrogen and oxygen atoms in total. The van der Waals surface area contributed by atoms with E-state index in [-0.39, 0.29) is 23.8 Å². The number of nitrogens with zero attached hydrogens (tertiary/aromatic N) is 2. The number of carbonyl (C=O) groups is 2.